The van der Waals surface area contributed by atoms with E-state index >= 15 is 0 Å². The van der Waals surface area contributed by atoms with Gasteiger partial charge in [-0.05, 0) is 33.1 Å². The van der Waals surface area contributed by atoms with Crippen molar-refractivity contribution in [2.24, 2.45) is 0 Å². The maximum atomic E-state index is 12.1. The molecule has 0 aromatic carbocycles. The smallest absolute Gasteiger partial charge is 0.248 e. The van der Waals surface area contributed by atoms with E-state index < -0.39 is 0 Å². The summed E-state index contributed by atoms with van der Waals surface area (Å²) in [6.45, 7) is 5.28. The molecule has 8 nitrogen and oxygen atoms in total. The standard InChI is InChI=1S/C19H38N4O4S/c1-4-27-16-19(26)23(13-11-20-2)14-12-22-17(24)8-6-5-7-10-21-18(25)9-15-28-3/h20H,4-16H2,1-3H3,(H,21,25)(H,22,24). The summed E-state index contributed by atoms with van der Waals surface area (Å²) in [5.41, 5.74) is 0. The third kappa shape index (κ3) is 15.7. The first-order valence-corrected chi connectivity index (χ1v) is 11.5. The number of amides is 3. The van der Waals surface area contributed by atoms with Crippen molar-refractivity contribution in [3.8, 4) is 0 Å². The van der Waals surface area contributed by atoms with Gasteiger partial charge in [-0.2, -0.15) is 11.8 Å². The zero-order valence-corrected chi connectivity index (χ0v) is 18.5. The van der Waals surface area contributed by atoms with Crippen molar-refractivity contribution in [1.82, 2.24) is 20.9 Å². The fourth-order valence-electron chi connectivity index (χ4n) is 2.41. The summed E-state index contributed by atoms with van der Waals surface area (Å²) in [7, 11) is 1.84. The van der Waals surface area contributed by atoms with Crippen molar-refractivity contribution >= 4 is 29.5 Å². The van der Waals surface area contributed by atoms with Crippen LogP contribution in [0, 0.1) is 0 Å². The van der Waals surface area contributed by atoms with Gasteiger partial charge in [0.2, 0.25) is 17.7 Å². The maximum Gasteiger partial charge on any atom is 0.248 e. The molecule has 164 valence electrons. The van der Waals surface area contributed by atoms with Crippen LogP contribution in [-0.2, 0) is 19.1 Å². The molecule has 3 N–H and O–H groups in total. The van der Waals surface area contributed by atoms with E-state index in [9.17, 15) is 14.4 Å². The molecular weight excluding hydrogens is 380 g/mol. The largest absolute Gasteiger partial charge is 0.372 e. The first kappa shape index (κ1) is 26.7. The van der Waals surface area contributed by atoms with Crippen LogP contribution in [0.2, 0.25) is 0 Å². The summed E-state index contributed by atoms with van der Waals surface area (Å²) >= 11 is 1.66. The Bertz CT molecular complexity index is 438. The molecule has 0 aliphatic heterocycles. The number of ether oxygens (including phenoxy) is 1. The first-order chi connectivity index (χ1) is 13.5. The molecule has 0 aliphatic rings. The molecule has 0 saturated heterocycles. The number of rotatable bonds is 18. The Morgan fingerprint density at radius 1 is 0.929 bits per heavy atom. The fraction of sp³-hybridized carbons (Fsp3) is 0.842. The summed E-state index contributed by atoms with van der Waals surface area (Å²) in [5, 5.41) is 8.78. The summed E-state index contributed by atoms with van der Waals surface area (Å²) in [5.74, 6) is 0.866. The lowest BCUT2D eigenvalue weighted by molar-refractivity contribution is -0.136. The molecule has 0 saturated carbocycles. The Balaban J connectivity index is 3.82. The van der Waals surface area contributed by atoms with E-state index in [1.165, 1.54) is 0 Å². The first-order valence-electron chi connectivity index (χ1n) is 10.1. The number of carbonyl (C=O) groups excluding carboxylic acids is 3. The van der Waals surface area contributed by atoms with E-state index in [2.05, 4.69) is 16.0 Å². The van der Waals surface area contributed by atoms with Crippen LogP contribution in [0.15, 0.2) is 0 Å². The van der Waals surface area contributed by atoms with Crippen LogP contribution in [-0.4, -0.2) is 87.6 Å². The number of likely N-dealkylation sites (N-methyl/N-ethyl adjacent to an activating group) is 1. The molecular formula is C19H38N4O4S. The van der Waals surface area contributed by atoms with Crippen LogP contribution in [0.5, 0.6) is 0 Å². The van der Waals surface area contributed by atoms with Crippen molar-refractivity contribution in [3.05, 3.63) is 0 Å². The Kier molecular flexibility index (Phi) is 18.1. The zero-order chi connectivity index (χ0) is 21.0. The lowest BCUT2D eigenvalue weighted by Gasteiger charge is -2.22. The van der Waals surface area contributed by atoms with Crippen LogP contribution < -0.4 is 16.0 Å². The third-order valence-corrected chi connectivity index (χ3v) is 4.67. The molecule has 0 heterocycles. The van der Waals surface area contributed by atoms with Gasteiger partial charge in [0.15, 0.2) is 0 Å². The van der Waals surface area contributed by atoms with Crippen molar-refractivity contribution in [2.75, 3.05) is 65.0 Å². The van der Waals surface area contributed by atoms with Gasteiger partial charge in [-0.1, -0.05) is 6.42 Å². The summed E-state index contributed by atoms with van der Waals surface area (Å²) in [4.78, 5) is 37.2. The van der Waals surface area contributed by atoms with E-state index in [1.807, 2.05) is 20.2 Å². The second kappa shape index (κ2) is 19.0. The predicted molar refractivity (Wildman–Crippen MR) is 114 cm³/mol. The Morgan fingerprint density at radius 2 is 1.61 bits per heavy atom. The minimum atomic E-state index is -0.0640. The molecule has 0 aromatic rings. The van der Waals surface area contributed by atoms with Crippen LogP contribution in [0.3, 0.4) is 0 Å². The Labute approximate surface area is 173 Å². The molecule has 0 bridgehead atoms. The van der Waals surface area contributed by atoms with Crippen molar-refractivity contribution in [2.45, 2.75) is 39.0 Å². The van der Waals surface area contributed by atoms with Crippen molar-refractivity contribution in [3.63, 3.8) is 0 Å². The van der Waals surface area contributed by atoms with E-state index in [1.54, 1.807) is 16.7 Å². The average molecular weight is 419 g/mol. The molecule has 0 aliphatic carbocycles. The molecule has 28 heavy (non-hydrogen) atoms. The van der Waals surface area contributed by atoms with Gasteiger partial charge in [-0.15, -0.1) is 0 Å². The monoisotopic (exact) mass is 418 g/mol. The SMILES string of the molecule is CCOCC(=O)N(CCNC)CCNC(=O)CCCCCNC(=O)CCSC. The van der Waals surface area contributed by atoms with Crippen molar-refractivity contribution < 1.29 is 19.1 Å². The molecule has 3 amide bonds. The highest BCUT2D eigenvalue weighted by Gasteiger charge is 2.13. The van der Waals surface area contributed by atoms with Crippen LogP contribution in [0.25, 0.3) is 0 Å². The van der Waals surface area contributed by atoms with Crippen molar-refractivity contribution in [1.29, 1.82) is 0 Å². The van der Waals surface area contributed by atoms with Crippen LogP contribution >= 0.6 is 11.8 Å². The normalized spacial score (nSPS) is 10.5. The topological polar surface area (TPSA) is 99.8 Å². The molecule has 0 spiro atoms. The number of nitrogens with one attached hydrogen (secondary N) is 3. The van der Waals surface area contributed by atoms with Gasteiger partial charge in [-0.3, -0.25) is 14.4 Å². The number of hydrogen-bond acceptors (Lipinski definition) is 6. The number of hydrogen-bond donors (Lipinski definition) is 3. The fourth-order valence-corrected chi connectivity index (χ4v) is 2.80. The van der Waals surface area contributed by atoms with Gasteiger partial charge in [-0.25, -0.2) is 0 Å². The molecule has 0 aromatic heterocycles. The highest BCUT2D eigenvalue weighted by molar-refractivity contribution is 7.98. The van der Waals surface area contributed by atoms with Gasteiger partial charge in [0, 0.05) is 57.9 Å². The minimum absolute atomic E-state index is 0.00479. The molecule has 0 radical (unpaired) electrons. The molecule has 0 unspecified atom stereocenters. The summed E-state index contributed by atoms with van der Waals surface area (Å²) in [6, 6.07) is 0. The maximum absolute atomic E-state index is 12.1. The molecule has 0 rings (SSSR count). The highest BCUT2D eigenvalue weighted by Crippen LogP contribution is 2.00. The molecule has 0 atom stereocenters. The lowest BCUT2D eigenvalue weighted by Crippen LogP contribution is -2.43. The molecule has 9 heteroatoms. The minimum Gasteiger partial charge on any atom is -0.372 e. The van der Waals surface area contributed by atoms with Gasteiger partial charge in [0.25, 0.3) is 0 Å². The highest BCUT2D eigenvalue weighted by atomic mass is 32.2. The van der Waals surface area contributed by atoms with Crippen LogP contribution in [0.4, 0.5) is 0 Å². The second-order valence-electron chi connectivity index (χ2n) is 6.37. The summed E-state index contributed by atoms with van der Waals surface area (Å²) < 4.78 is 5.18. The average Bonchev–Trinajstić information content (AvgIpc) is 2.69. The second-order valence-corrected chi connectivity index (χ2v) is 7.36. The number of nitrogens with zero attached hydrogens (tertiary/aromatic N) is 1. The summed E-state index contributed by atoms with van der Waals surface area (Å²) in [6.07, 6.45) is 5.57. The zero-order valence-electron chi connectivity index (χ0n) is 17.7. The Morgan fingerprint density at radius 3 is 2.29 bits per heavy atom. The van der Waals surface area contributed by atoms with Gasteiger partial charge in [0.1, 0.15) is 6.61 Å². The quantitative estimate of drug-likeness (QED) is 0.282. The van der Waals surface area contributed by atoms with Gasteiger partial charge < -0.3 is 25.6 Å². The van der Waals surface area contributed by atoms with E-state index in [-0.39, 0.29) is 24.3 Å². The lowest BCUT2D eigenvalue weighted by atomic mass is 10.2. The van der Waals surface area contributed by atoms with Gasteiger partial charge >= 0.3 is 0 Å². The molecule has 0 fully saturated rings. The Hall–Kier alpha value is -1.32. The number of carbonyl (C=O) groups is 3. The predicted octanol–water partition coefficient (Wildman–Crippen LogP) is 0.617. The third-order valence-electron chi connectivity index (χ3n) is 4.05. The van der Waals surface area contributed by atoms with E-state index in [4.69, 9.17) is 4.74 Å². The number of thioether (sulfide) groups is 1. The van der Waals surface area contributed by atoms with E-state index in [0.717, 1.165) is 25.0 Å². The number of unbranched alkanes of at least 4 members (excludes halogenated alkanes) is 2. The van der Waals surface area contributed by atoms with E-state index in [0.29, 0.717) is 52.2 Å². The van der Waals surface area contributed by atoms with Gasteiger partial charge in [0.05, 0.1) is 0 Å². The van der Waals surface area contributed by atoms with Crippen LogP contribution in [0.1, 0.15) is 39.0 Å².